The molecule has 3 aromatic carbocycles. The van der Waals surface area contributed by atoms with Gasteiger partial charge in [-0.05, 0) is 48.2 Å². The lowest BCUT2D eigenvalue weighted by atomic mass is 10.0. The molecule has 0 bridgehead atoms. The van der Waals surface area contributed by atoms with Crippen LogP contribution in [0.3, 0.4) is 0 Å². The molecular weight excluding hydrogens is 614 g/mol. The average molecular weight is 647 g/mol. The molecule has 2 amide bonds. The van der Waals surface area contributed by atoms with Crippen LogP contribution in [-0.2, 0) is 32.6 Å². The number of nitrogens with zero attached hydrogens (tertiary/aromatic N) is 2. The average Bonchev–Trinajstić information content (AvgIpc) is 3.43. The van der Waals surface area contributed by atoms with Gasteiger partial charge in [-0.1, -0.05) is 95.0 Å². The lowest BCUT2D eigenvalue weighted by molar-refractivity contribution is -0.140. The quantitative estimate of drug-likeness (QED) is 0.295. The van der Waals surface area contributed by atoms with Crippen LogP contribution >= 0.6 is 27.5 Å². The highest BCUT2D eigenvalue weighted by Crippen LogP contribution is 2.25. The molecule has 1 atom stereocenters. The van der Waals surface area contributed by atoms with Crippen molar-refractivity contribution in [2.45, 2.75) is 50.7 Å². The number of sulfonamides is 1. The van der Waals surface area contributed by atoms with Crippen LogP contribution in [0.15, 0.2) is 83.3 Å². The number of hydrogen-bond donors (Lipinski definition) is 1. The minimum atomic E-state index is -3.83. The third-order valence-electron chi connectivity index (χ3n) is 7.05. The molecule has 0 aromatic heterocycles. The molecule has 40 heavy (non-hydrogen) atoms. The first-order chi connectivity index (χ1) is 19.1. The van der Waals surface area contributed by atoms with E-state index < -0.39 is 28.5 Å². The van der Waals surface area contributed by atoms with Crippen LogP contribution in [0, 0.1) is 0 Å². The van der Waals surface area contributed by atoms with Gasteiger partial charge in [-0.25, -0.2) is 8.42 Å². The SMILES string of the molecule is CS(=O)(=O)N(CC(=O)N(Cc1ccccc1Cl)C(Cc1ccccc1)C(=O)NC1CCCC1)c1cccc(Br)c1. The van der Waals surface area contributed by atoms with Crippen LogP contribution in [0.1, 0.15) is 36.8 Å². The standard InChI is InChI=1S/C30H33BrClN3O4S/c1-40(38,39)35(26-16-9-13-24(31)19-26)21-29(36)34(20-23-12-5-8-17-27(23)32)28(18-22-10-3-2-4-11-22)30(37)33-25-14-6-7-15-25/h2-5,8-13,16-17,19,25,28H,6-7,14-15,18,20-21H2,1H3,(H,33,37). The van der Waals surface area contributed by atoms with E-state index in [1.165, 1.54) is 4.90 Å². The molecule has 1 saturated carbocycles. The Morgan fingerprint density at radius 3 is 2.33 bits per heavy atom. The maximum atomic E-state index is 14.1. The number of amides is 2. The molecule has 1 aliphatic carbocycles. The minimum Gasteiger partial charge on any atom is -0.352 e. The van der Waals surface area contributed by atoms with Crippen LogP contribution in [0.4, 0.5) is 5.69 Å². The van der Waals surface area contributed by atoms with Crippen molar-refractivity contribution in [2.75, 3.05) is 17.1 Å². The highest BCUT2D eigenvalue weighted by Gasteiger charge is 2.34. The highest BCUT2D eigenvalue weighted by atomic mass is 79.9. The lowest BCUT2D eigenvalue weighted by Gasteiger charge is -2.34. The van der Waals surface area contributed by atoms with Gasteiger partial charge in [0.1, 0.15) is 12.6 Å². The van der Waals surface area contributed by atoms with Crippen LogP contribution < -0.4 is 9.62 Å². The Morgan fingerprint density at radius 1 is 1.00 bits per heavy atom. The van der Waals surface area contributed by atoms with Gasteiger partial charge in [-0.3, -0.25) is 13.9 Å². The fraction of sp³-hybridized carbons (Fsp3) is 0.333. The Bertz CT molecular complexity index is 1430. The molecule has 0 radical (unpaired) electrons. The molecular formula is C30H33BrClN3O4S. The van der Waals surface area contributed by atoms with E-state index in [1.54, 1.807) is 42.5 Å². The maximum absolute atomic E-state index is 14.1. The van der Waals surface area contributed by atoms with E-state index in [4.69, 9.17) is 11.6 Å². The maximum Gasteiger partial charge on any atom is 0.244 e. The number of rotatable bonds is 11. The first-order valence-corrected chi connectivity index (χ1v) is 16.2. The Kier molecular flexibility index (Phi) is 10.3. The largest absolute Gasteiger partial charge is 0.352 e. The van der Waals surface area contributed by atoms with Crippen molar-refractivity contribution in [3.05, 3.63) is 99.5 Å². The summed E-state index contributed by atoms with van der Waals surface area (Å²) in [5.74, 6) is -0.766. The van der Waals surface area contributed by atoms with E-state index in [0.29, 0.717) is 20.7 Å². The summed E-state index contributed by atoms with van der Waals surface area (Å²) in [7, 11) is -3.83. The number of carbonyl (C=O) groups excluding carboxylic acids is 2. The molecule has 4 rings (SSSR count). The minimum absolute atomic E-state index is 0.0458. The third kappa shape index (κ3) is 8.08. The normalized spacial score (nSPS) is 14.5. The van der Waals surface area contributed by atoms with E-state index in [2.05, 4.69) is 21.2 Å². The van der Waals surface area contributed by atoms with Gasteiger partial charge in [0.05, 0.1) is 11.9 Å². The zero-order valence-electron chi connectivity index (χ0n) is 22.3. The van der Waals surface area contributed by atoms with Gasteiger partial charge in [0.25, 0.3) is 0 Å². The van der Waals surface area contributed by atoms with Crippen molar-refractivity contribution in [3.63, 3.8) is 0 Å². The van der Waals surface area contributed by atoms with E-state index in [0.717, 1.165) is 41.8 Å². The van der Waals surface area contributed by atoms with Crippen molar-refractivity contribution in [2.24, 2.45) is 0 Å². The van der Waals surface area contributed by atoms with Gasteiger partial charge >= 0.3 is 0 Å². The molecule has 3 aromatic rings. The lowest BCUT2D eigenvalue weighted by Crippen LogP contribution is -2.54. The van der Waals surface area contributed by atoms with Crippen molar-refractivity contribution >= 4 is 55.1 Å². The number of hydrogen-bond acceptors (Lipinski definition) is 4. The fourth-order valence-corrected chi connectivity index (χ4v) is 6.40. The Hall–Kier alpha value is -2.88. The Morgan fingerprint density at radius 2 is 1.68 bits per heavy atom. The molecule has 1 N–H and O–H groups in total. The first kappa shape index (κ1) is 30.1. The second-order valence-corrected chi connectivity index (χ2v) is 13.3. The summed E-state index contributed by atoms with van der Waals surface area (Å²) < 4.78 is 27.5. The molecule has 0 spiro atoms. The van der Waals surface area contributed by atoms with Crippen molar-refractivity contribution in [3.8, 4) is 0 Å². The van der Waals surface area contributed by atoms with Crippen molar-refractivity contribution < 1.29 is 18.0 Å². The van der Waals surface area contributed by atoms with E-state index in [-0.39, 0.29) is 24.9 Å². The van der Waals surface area contributed by atoms with Gasteiger partial charge in [0.15, 0.2) is 0 Å². The molecule has 10 heteroatoms. The molecule has 0 saturated heterocycles. The van der Waals surface area contributed by atoms with Crippen LogP contribution in [-0.4, -0.2) is 50.0 Å². The predicted molar refractivity (Wildman–Crippen MR) is 163 cm³/mol. The third-order valence-corrected chi connectivity index (χ3v) is 9.05. The van der Waals surface area contributed by atoms with Gasteiger partial charge in [-0.2, -0.15) is 0 Å². The second-order valence-electron chi connectivity index (χ2n) is 10.1. The summed E-state index contributed by atoms with van der Waals surface area (Å²) >= 11 is 9.88. The van der Waals surface area contributed by atoms with Crippen LogP contribution in [0.2, 0.25) is 5.02 Å². The Labute approximate surface area is 249 Å². The summed E-state index contributed by atoms with van der Waals surface area (Å²) in [5, 5.41) is 3.61. The van der Waals surface area contributed by atoms with E-state index in [1.807, 2.05) is 36.4 Å². The number of nitrogens with one attached hydrogen (secondary N) is 1. The van der Waals surface area contributed by atoms with Gasteiger partial charge < -0.3 is 10.2 Å². The van der Waals surface area contributed by atoms with Gasteiger partial charge in [0.2, 0.25) is 21.8 Å². The summed E-state index contributed by atoms with van der Waals surface area (Å²) in [6.45, 7) is -0.425. The Balaban J connectivity index is 1.73. The highest BCUT2D eigenvalue weighted by molar-refractivity contribution is 9.10. The number of carbonyl (C=O) groups is 2. The number of anilines is 1. The van der Waals surface area contributed by atoms with Crippen molar-refractivity contribution in [1.82, 2.24) is 10.2 Å². The predicted octanol–water partition coefficient (Wildman–Crippen LogP) is 5.57. The molecule has 1 aliphatic rings. The van der Waals surface area contributed by atoms with Gasteiger partial charge in [-0.15, -0.1) is 0 Å². The summed E-state index contributed by atoms with van der Waals surface area (Å²) in [6, 6.07) is 22.6. The first-order valence-electron chi connectivity index (χ1n) is 13.2. The molecule has 1 fully saturated rings. The number of halogens is 2. The van der Waals surface area contributed by atoms with Gasteiger partial charge in [0, 0.05) is 28.5 Å². The molecule has 7 nitrogen and oxygen atoms in total. The molecule has 0 heterocycles. The summed E-state index contributed by atoms with van der Waals surface area (Å²) in [6.07, 6.45) is 5.22. The topological polar surface area (TPSA) is 86.8 Å². The van der Waals surface area contributed by atoms with Crippen LogP contribution in [0.25, 0.3) is 0 Å². The molecule has 212 valence electrons. The second kappa shape index (κ2) is 13.7. The summed E-state index contributed by atoms with van der Waals surface area (Å²) in [5.41, 5.74) is 1.90. The molecule has 1 unspecified atom stereocenters. The fourth-order valence-electron chi connectivity index (χ4n) is 4.98. The zero-order chi connectivity index (χ0) is 28.7. The zero-order valence-corrected chi connectivity index (χ0v) is 25.5. The van der Waals surface area contributed by atoms with Crippen molar-refractivity contribution in [1.29, 1.82) is 0 Å². The van der Waals surface area contributed by atoms with E-state index in [9.17, 15) is 18.0 Å². The van der Waals surface area contributed by atoms with Crippen LogP contribution in [0.5, 0.6) is 0 Å². The smallest absolute Gasteiger partial charge is 0.244 e. The monoisotopic (exact) mass is 645 g/mol. The molecule has 0 aliphatic heterocycles. The number of benzene rings is 3. The van der Waals surface area contributed by atoms with E-state index >= 15 is 0 Å². The summed E-state index contributed by atoms with van der Waals surface area (Å²) in [4.78, 5) is 29.4.